The number of carbonyl (C=O) groups excluding carboxylic acids is 1. The number of aliphatic carboxylic acids is 1. The molecule has 0 aliphatic carbocycles. The second-order valence-electron chi connectivity index (χ2n) is 0.995. The number of rotatable bonds is 1. The second-order valence-corrected chi connectivity index (χ2v) is 0.995. The molecule has 1 atom stereocenters. The molecule has 0 rings (SSSR count). The molecule has 0 saturated heterocycles. The third-order valence-corrected chi connectivity index (χ3v) is 0.341. The van der Waals surface area contributed by atoms with E-state index in [1.165, 1.54) is 0 Å². The average Bonchev–Trinajstić information content (AvgIpc) is 1.36. The van der Waals surface area contributed by atoms with Crippen LogP contribution in [0.5, 0.6) is 0 Å². The summed E-state index contributed by atoms with van der Waals surface area (Å²) >= 11 is 0. The topological polar surface area (TPSA) is 60.4 Å². The van der Waals surface area contributed by atoms with Crippen molar-refractivity contribution in [2.24, 2.45) is 0 Å². The van der Waals surface area contributed by atoms with Crippen molar-refractivity contribution < 1.29 is 70.8 Å². The van der Waals surface area contributed by atoms with Gasteiger partial charge in [0, 0.05) is 26.2 Å². The van der Waals surface area contributed by atoms with Crippen molar-refractivity contribution in [1.82, 2.24) is 0 Å². The van der Waals surface area contributed by atoms with Gasteiger partial charge in [-0.05, 0) is 6.92 Å². The van der Waals surface area contributed by atoms with Crippen molar-refractivity contribution in [2.45, 2.75) is 13.0 Å². The van der Waals surface area contributed by atoms with Crippen LogP contribution < -0.4 is 34.7 Å². The molecule has 1 unspecified atom stereocenters. The number of carboxylic acid groups (broad SMARTS) is 1. The van der Waals surface area contributed by atoms with Gasteiger partial charge in [0.05, 0.1) is 12.1 Å². The zero-order chi connectivity index (χ0) is 5.15. The summed E-state index contributed by atoms with van der Waals surface area (Å²) in [6, 6.07) is 0. The molecule has 0 bridgehead atoms. The largest absolute Gasteiger partial charge is 1.00 e. The minimum atomic E-state index is -1.44. The maximum absolute atomic E-state index is 9.34. The summed E-state index contributed by atoms with van der Waals surface area (Å²) in [5.74, 6) is -1.44. The molecule has 5 heteroatoms. The summed E-state index contributed by atoms with van der Waals surface area (Å²) in [7, 11) is 0. The normalized spacial score (nSPS) is 10.2. The quantitative estimate of drug-likeness (QED) is 0.435. The van der Waals surface area contributed by atoms with Gasteiger partial charge in [0.25, 0.3) is 0 Å². The number of carboxylic acids is 1. The summed E-state index contributed by atoms with van der Waals surface area (Å²) in [5.41, 5.74) is 0. The van der Waals surface area contributed by atoms with Gasteiger partial charge in [-0.3, -0.25) is 0 Å². The van der Waals surface area contributed by atoms with E-state index < -0.39 is 12.1 Å². The van der Waals surface area contributed by atoms with Gasteiger partial charge < -0.3 is 15.0 Å². The van der Waals surface area contributed by atoms with E-state index in [0.29, 0.717) is 0 Å². The SMILES string of the molecule is CC(O)C(=O)[O-].[Na+].[Zr]. The monoisotopic (exact) mass is 202 g/mol. The molecule has 0 aromatic heterocycles. The van der Waals surface area contributed by atoms with Gasteiger partial charge in [-0.1, -0.05) is 0 Å². The Bertz CT molecular complexity index is 65.5. The molecule has 40 valence electrons. The Hall–Kier alpha value is 1.31. The summed E-state index contributed by atoms with van der Waals surface area (Å²) in [4.78, 5) is 9.34. The van der Waals surface area contributed by atoms with Crippen molar-refractivity contribution >= 4 is 5.97 Å². The van der Waals surface area contributed by atoms with E-state index in [-0.39, 0.29) is 55.8 Å². The van der Waals surface area contributed by atoms with Crippen LogP contribution in [0, 0.1) is 0 Å². The minimum absolute atomic E-state index is 0. The van der Waals surface area contributed by atoms with Crippen LogP contribution in [-0.2, 0) is 31.0 Å². The number of aliphatic hydroxyl groups excluding tert-OH is 1. The molecule has 0 amide bonds. The fourth-order valence-electron chi connectivity index (χ4n) is 0. The summed E-state index contributed by atoms with van der Waals surface area (Å²) < 4.78 is 0. The number of aliphatic hydroxyl groups is 1. The first-order chi connectivity index (χ1) is 2.64. The number of hydrogen-bond acceptors (Lipinski definition) is 3. The van der Waals surface area contributed by atoms with Gasteiger partial charge in [0.15, 0.2) is 0 Å². The molecule has 0 fully saturated rings. The van der Waals surface area contributed by atoms with Crippen LogP contribution in [0.3, 0.4) is 0 Å². The van der Waals surface area contributed by atoms with Gasteiger partial charge in [0.1, 0.15) is 0 Å². The van der Waals surface area contributed by atoms with Gasteiger partial charge in [-0.25, -0.2) is 0 Å². The predicted octanol–water partition coefficient (Wildman–Crippen LogP) is -4.88. The van der Waals surface area contributed by atoms with Crippen LogP contribution in [0.1, 0.15) is 6.92 Å². The fraction of sp³-hybridized carbons (Fsp3) is 0.667. The Labute approximate surface area is 88.9 Å². The van der Waals surface area contributed by atoms with Crippen LogP contribution in [-0.4, -0.2) is 17.2 Å². The van der Waals surface area contributed by atoms with E-state index >= 15 is 0 Å². The van der Waals surface area contributed by atoms with Crippen LogP contribution in [0.15, 0.2) is 0 Å². The van der Waals surface area contributed by atoms with Crippen LogP contribution >= 0.6 is 0 Å². The molecule has 0 aromatic carbocycles. The molecule has 0 saturated carbocycles. The zero-order valence-corrected chi connectivity index (χ0v) is 9.30. The molecular formula is C3H5NaO3Zr. The van der Waals surface area contributed by atoms with Gasteiger partial charge >= 0.3 is 29.6 Å². The number of hydrogen-bond donors (Lipinski definition) is 1. The molecular weight excluding hydrogens is 198 g/mol. The Morgan fingerprint density at radius 2 is 1.88 bits per heavy atom. The van der Waals surface area contributed by atoms with E-state index in [9.17, 15) is 9.90 Å². The molecule has 0 aromatic rings. The van der Waals surface area contributed by atoms with E-state index in [1.807, 2.05) is 0 Å². The maximum atomic E-state index is 9.34. The van der Waals surface area contributed by atoms with E-state index in [2.05, 4.69) is 0 Å². The predicted molar refractivity (Wildman–Crippen MR) is 16.7 cm³/mol. The maximum Gasteiger partial charge on any atom is 1.00 e. The molecule has 0 aliphatic heterocycles. The smallest absolute Gasteiger partial charge is 0.547 e. The first kappa shape index (κ1) is 16.1. The molecule has 1 N–H and O–H groups in total. The third-order valence-electron chi connectivity index (χ3n) is 0.341. The van der Waals surface area contributed by atoms with E-state index in [1.54, 1.807) is 0 Å². The second kappa shape index (κ2) is 8.31. The van der Waals surface area contributed by atoms with Crippen LogP contribution in [0.4, 0.5) is 0 Å². The minimum Gasteiger partial charge on any atom is -0.547 e. The van der Waals surface area contributed by atoms with Crippen molar-refractivity contribution in [3.8, 4) is 0 Å². The summed E-state index contributed by atoms with van der Waals surface area (Å²) in [6.45, 7) is 1.13. The van der Waals surface area contributed by atoms with Crippen molar-refractivity contribution in [1.29, 1.82) is 0 Å². The first-order valence-corrected chi connectivity index (χ1v) is 1.53. The molecule has 0 heterocycles. The van der Waals surface area contributed by atoms with Crippen LogP contribution in [0.2, 0.25) is 0 Å². The Morgan fingerprint density at radius 1 is 1.75 bits per heavy atom. The zero-order valence-electron chi connectivity index (χ0n) is 4.84. The van der Waals surface area contributed by atoms with Crippen LogP contribution in [0.25, 0.3) is 0 Å². The van der Waals surface area contributed by atoms with Gasteiger partial charge in [0.2, 0.25) is 0 Å². The summed E-state index contributed by atoms with van der Waals surface area (Å²) in [6.07, 6.45) is -1.34. The molecule has 3 nitrogen and oxygen atoms in total. The first-order valence-electron chi connectivity index (χ1n) is 1.53. The van der Waals surface area contributed by atoms with Gasteiger partial charge in [-0.15, -0.1) is 0 Å². The number of carbonyl (C=O) groups is 1. The Kier molecular flexibility index (Phi) is 16.8. The molecule has 0 radical (unpaired) electrons. The Morgan fingerprint density at radius 3 is 1.88 bits per heavy atom. The van der Waals surface area contributed by atoms with Crippen molar-refractivity contribution in [2.75, 3.05) is 0 Å². The molecule has 0 aliphatic rings. The standard InChI is InChI=1S/C3H6O3.Na.Zr/c1-2(4)3(5)6;;/h2,4H,1H3,(H,5,6);;/q;+1;/p-1. The fourth-order valence-corrected chi connectivity index (χ4v) is 0. The molecule has 8 heavy (non-hydrogen) atoms. The van der Waals surface area contributed by atoms with E-state index in [0.717, 1.165) is 6.92 Å². The van der Waals surface area contributed by atoms with E-state index in [4.69, 9.17) is 5.11 Å². The third kappa shape index (κ3) is 10.3. The summed E-state index contributed by atoms with van der Waals surface area (Å²) in [5, 5.41) is 17.3. The van der Waals surface area contributed by atoms with Crippen molar-refractivity contribution in [3.63, 3.8) is 0 Å². The average molecular weight is 203 g/mol. The van der Waals surface area contributed by atoms with Crippen molar-refractivity contribution in [3.05, 3.63) is 0 Å². The van der Waals surface area contributed by atoms with Gasteiger partial charge in [-0.2, -0.15) is 0 Å². The molecule has 0 spiro atoms. The Balaban J connectivity index is -0.000000125.